The van der Waals surface area contributed by atoms with E-state index in [9.17, 15) is 8.42 Å². The van der Waals surface area contributed by atoms with Crippen molar-refractivity contribution in [2.24, 2.45) is 0 Å². The predicted octanol–water partition coefficient (Wildman–Crippen LogP) is 3.19. The Labute approximate surface area is 197 Å². The van der Waals surface area contributed by atoms with Crippen molar-refractivity contribution in [3.63, 3.8) is 0 Å². The van der Waals surface area contributed by atoms with Gasteiger partial charge in [-0.1, -0.05) is 6.07 Å². The maximum Gasteiger partial charge on any atom is 0.204 e. The first-order chi connectivity index (χ1) is 16.3. The number of aryl methyl sites for hydroxylation is 1. The fourth-order valence-electron chi connectivity index (χ4n) is 3.53. The number of aromatic nitrogens is 5. The first-order valence-corrected chi connectivity index (χ1v) is 12.2. The Morgan fingerprint density at radius 1 is 1.03 bits per heavy atom. The molecule has 0 saturated heterocycles. The van der Waals surface area contributed by atoms with Crippen LogP contribution in [0.4, 0.5) is 0 Å². The van der Waals surface area contributed by atoms with Crippen molar-refractivity contribution in [3.8, 4) is 28.8 Å². The highest BCUT2D eigenvalue weighted by atomic mass is 32.2. The van der Waals surface area contributed by atoms with Crippen LogP contribution in [-0.4, -0.2) is 52.6 Å². The van der Waals surface area contributed by atoms with Crippen LogP contribution in [0.25, 0.3) is 17.3 Å². The second-order valence-corrected chi connectivity index (χ2v) is 10.2. The highest BCUT2D eigenvalue weighted by Gasteiger charge is 2.29. The second-order valence-electron chi connectivity index (χ2n) is 7.73. The zero-order valence-corrected chi connectivity index (χ0v) is 20.1. The van der Waals surface area contributed by atoms with Gasteiger partial charge < -0.3 is 13.9 Å². The topological polar surface area (TPSA) is 122 Å². The number of hydrogen-bond donors (Lipinski definition) is 0. The monoisotopic (exact) mass is 483 g/mol. The third kappa shape index (κ3) is 4.65. The third-order valence-corrected chi connectivity index (χ3v) is 7.42. The van der Waals surface area contributed by atoms with Crippen LogP contribution >= 0.6 is 0 Å². The molecule has 34 heavy (non-hydrogen) atoms. The molecule has 0 radical (unpaired) electrons. The molecule has 3 heterocycles. The lowest BCUT2D eigenvalue weighted by Gasteiger charge is -2.18. The summed E-state index contributed by atoms with van der Waals surface area (Å²) in [6.45, 7) is 3.47. The van der Waals surface area contributed by atoms with Crippen LogP contribution in [-0.2, 0) is 22.0 Å². The van der Waals surface area contributed by atoms with Crippen LogP contribution in [0.2, 0.25) is 0 Å². The standard InChI is InChI=1S/C23H25N5O5S/c1-15-12-25-17(13-24-15)11-16(2)34(29,30)14-21-26-27-23(20-9-6-10-33-20)28(21)22-18(31-3)7-5-8-19(22)32-4/h5-10,12-13,16H,11,14H2,1-4H3/t16-/m0/s1. The van der Waals surface area contributed by atoms with E-state index in [0.29, 0.717) is 34.5 Å². The van der Waals surface area contributed by atoms with Crippen molar-refractivity contribution in [1.82, 2.24) is 24.7 Å². The molecule has 0 spiro atoms. The highest BCUT2D eigenvalue weighted by Crippen LogP contribution is 2.36. The number of benzene rings is 1. The SMILES string of the molecule is COc1cccc(OC)c1-n1c(CS(=O)(=O)[C@@H](C)Cc2cnc(C)cn2)nnc1-c1ccco1. The van der Waals surface area contributed by atoms with Crippen molar-refractivity contribution < 1.29 is 22.3 Å². The lowest BCUT2D eigenvalue weighted by molar-refractivity contribution is 0.390. The van der Waals surface area contributed by atoms with Crippen molar-refractivity contribution >= 4 is 9.84 Å². The molecule has 0 bridgehead atoms. The number of furan rings is 1. The molecule has 4 rings (SSSR count). The van der Waals surface area contributed by atoms with E-state index in [4.69, 9.17) is 13.9 Å². The second kappa shape index (κ2) is 9.64. The molecule has 0 unspecified atom stereocenters. The van der Waals surface area contributed by atoms with Crippen LogP contribution in [0.3, 0.4) is 0 Å². The molecule has 0 saturated carbocycles. The molecule has 0 fully saturated rings. The molecule has 0 amide bonds. The molecule has 10 nitrogen and oxygen atoms in total. The van der Waals surface area contributed by atoms with Crippen LogP contribution in [0.5, 0.6) is 11.5 Å². The van der Waals surface area contributed by atoms with Crippen molar-refractivity contribution in [2.45, 2.75) is 31.3 Å². The lowest BCUT2D eigenvalue weighted by Crippen LogP contribution is -2.24. The molecule has 178 valence electrons. The lowest BCUT2D eigenvalue weighted by atomic mass is 10.2. The largest absolute Gasteiger partial charge is 0.494 e. The summed E-state index contributed by atoms with van der Waals surface area (Å²) in [7, 11) is -0.602. The minimum absolute atomic E-state index is 0.205. The quantitative estimate of drug-likeness (QED) is 0.353. The summed E-state index contributed by atoms with van der Waals surface area (Å²) < 4.78 is 44.9. The van der Waals surface area contributed by atoms with Gasteiger partial charge in [-0.15, -0.1) is 10.2 Å². The van der Waals surface area contributed by atoms with Gasteiger partial charge in [0.1, 0.15) is 22.9 Å². The van der Waals surface area contributed by atoms with E-state index in [-0.39, 0.29) is 18.0 Å². The van der Waals surface area contributed by atoms with Crippen molar-refractivity contribution in [2.75, 3.05) is 14.2 Å². The fourth-order valence-corrected chi connectivity index (χ4v) is 4.79. The Balaban J connectivity index is 1.77. The number of sulfone groups is 1. The summed E-state index contributed by atoms with van der Waals surface area (Å²) in [6, 6.07) is 8.72. The highest BCUT2D eigenvalue weighted by molar-refractivity contribution is 7.91. The van der Waals surface area contributed by atoms with E-state index in [1.165, 1.54) is 20.5 Å². The Morgan fingerprint density at radius 3 is 2.35 bits per heavy atom. The maximum absolute atomic E-state index is 13.3. The average Bonchev–Trinajstić information content (AvgIpc) is 3.49. The molecular weight excluding hydrogens is 458 g/mol. The van der Waals surface area contributed by atoms with Crippen LogP contribution in [0, 0.1) is 6.92 Å². The summed E-state index contributed by atoms with van der Waals surface area (Å²) in [5.74, 6) is 1.53. The zero-order valence-electron chi connectivity index (χ0n) is 19.3. The Morgan fingerprint density at radius 2 is 1.76 bits per heavy atom. The molecule has 0 aliphatic rings. The molecule has 0 aliphatic carbocycles. The number of para-hydroxylation sites is 1. The fraction of sp³-hybridized carbons (Fsp3) is 0.304. The first kappa shape index (κ1) is 23.4. The van der Waals surface area contributed by atoms with Crippen LogP contribution in [0.1, 0.15) is 24.1 Å². The number of ether oxygens (including phenoxy) is 2. The third-order valence-electron chi connectivity index (χ3n) is 5.37. The molecule has 3 aromatic heterocycles. The molecule has 4 aromatic rings. The normalized spacial score (nSPS) is 12.5. The number of hydrogen-bond acceptors (Lipinski definition) is 9. The minimum Gasteiger partial charge on any atom is -0.494 e. The zero-order chi connectivity index (χ0) is 24.3. The number of rotatable bonds is 9. The van der Waals surface area contributed by atoms with E-state index >= 15 is 0 Å². The van der Waals surface area contributed by atoms with Crippen molar-refractivity contribution in [3.05, 3.63) is 66.2 Å². The van der Waals surface area contributed by atoms with Gasteiger partial charge >= 0.3 is 0 Å². The van der Waals surface area contributed by atoms with Gasteiger partial charge in [-0.2, -0.15) is 0 Å². The van der Waals surface area contributed by atoms with Crippen LogP contribution < -0.4 is 9.47 Å². The van der Waals surface area contributed by atoms with Gasteiger partial charge in [0, 0.05) is 18.8 Å². The van der Waals surface area contributed by atoms with E-state index < -0.39 is 15.1 Å². The van der Waals surface area contributed by atoms with Crippen molar-refractivity contribution in [1.29, 1.82) is 0 Å². The van der Waals surface area contributed by atoms with Gasteiger partial charge in [-0.05, 0) is 38.1 Å². The van der Waals surface area contributed by atoms with Gasteiger partial charge in [0.25, 0.3) is 0 Å². The van der Waals surface area contributed by atoms with Gasteiger partial charge in [-0.25, -0.2) is 8.42 Å². The summed E-state index contributed by atoms with van der Waals surface area (Å²) >= 11 is 0. The number of nitrogens with zero attached hydrogens (tertiary/aromatic N) is 5. The molecule has 1 aromatic carbocycles. The van der Waals surface area contributed by atoms with Crippen LogP contribution in [0.15, 0.2) is 53.4 Å². The molecule has 0 N–H and O–H groups in total. The average molecular weight is 484 g/mol. The molecule has 1 atom stereocenters. The summed E-state index contributed by atoms with van der Waals surface area (Å²) in [4.78, 5) is 8.48. The first-order valence-electron chi connectivity index (χ1n) is 10.5. The van der Waals surface area contributed by atoms with Gasteiger partial charge in [-0.3, -0.25) is 14.5 Å². The molecular formula is C23H25N5O5S. The van der Waals surface area contributed by atoms with Gasteiger partial charge in [0.05, 0.1) is 37.1 Å². The Bertz CT molecular complexity index is 1340. The molecule has 11 heteroatoms. The number of methoxy groups -OCH3 is 2. The summed E-state index contributed by atoms with van der Waals surface area (Å²) in [6.07, 6.45) is 4.95. The summed E-state index contributed by atoms with van der Waals surface area (Å²) in [5, 5.41) is 7.74. The maximum atomic E-state index is 13.3. The Kier molecular flexibility index (Phi) is 6.64. The van der Waals surface area contributed by atoms with E-state index in [0.717, 1.165) is 5.69 Å². The van der Waals surface area contributed by atoms with E-state index in [1.54, 1.807) is 54.2 Å². The van der Waals surface area contributed by atoms with E-state index in [2.05, 4.69) is 20.2 Å². The van der Waals surface area contributed by atoms with Gasteiger partial charge in [0.15, 0.2) is 21.4 Å². The smallest absolute Gasteiger partial charge is 0.204 e. The minimum atomic E-state index is -3.65. The predicted molar refractivity (Wildman–Crippen MR) is 125 cm³/mol. The van der Waals surface area contributed by atoms with E-state index in [1.807, 2.05) is 6.92 Å². The summed E-state index contributed by atoms with van der Waals surface area (Å²) in [5.41, 5.74) is 1.85. The van der Waals surface area contributed by atoms with Gasteiger partial charge in [0.2, 0.25) is 5.82 Å². The molecule has 0 aliphatic heterocycles. The Hall–Kier alpha value is -3.73.